The van der Waals surface area contributed by atoms with Crippen LogP contribution in [0.3, 0.4) is 0 Å². The summed E-state index contributed by atoms with van der Waals surface area (Å²) >= 11 is 0. The third-order valence-corrected chi connectivity index (χ3v) is 6.91. The topological polar surface area (TPSA) is 110 Å². The molecule has 0 radical (unpaired) electrons. The molecule has 2 aliphatic heterocycles. The van der Waals surface area contributed by atoms with Crippen LogP contribution in [-0.2, 0) is 22.4 Å². The van der Waals surface area contributed by atoms with Gasteiger partial charge in [-0.1, -0.05) is 0 Å². The highest BCUT2D eigenvalue weighted by Crippen LogP contribution is 2.32. The molecule has 0 saturated carbocycles. The Hall–Kier alpha value is -3.27. The van der Waals surface area contributed by atoms with Gasteiger partial charge in [-0.2, -0.15) is 0 Å². The Morgan fingerprint density at radius 3 is 2.76 bits per heavy atom. The molecule has 1 fully saturated rings. The summed E-state index contributed by atoms with van der Waals surface area (Å²) in [5, 5.41) is 2.61. The fourth-order valence-electron chi connectivity index (χ4n) is 4.85. The molecule has 2 unspecified atom stereocenters. The number of aromatic nitrogens is 3. The smallest absolute Gasteiger partial charge is 0.415 e. The minimum absolute atomic E-state index is 0.0935. The van der Waals surface area contributed by atoms with E-state index in [1.165, 1.54) is 27.8 Å². The zero-order valence-corrected chi connectivity index (χ0v) is 19.3. The summed E-state index contributed by atoms with van der Waals surface area (Å²) in [5.41, 5.74) is 6.38. The summed E-state index contributed by atoms with van der Waals surface area (Å²) in [7, 11) is 2.13. The maximum Gasteiger partial charge on any atom is 0.415 e. The predicted octanol–water partition coefficient (Wildman–Crippen LogP) is 1.94. The fraction of sp³-hybridized carbons (Fsp3) is 0.522. The monoisotopic (exact) mass is 452 g/mol. The Morgan fingerprint density at radius 1 is 1.15 bits per heavy atom. The van der Waals surface area contributed by atoms with Crippen LogP contribution in [0.25, 0.3) is 0 Å². The first-order valence-electron chi connectivity index (χ1n) is 11.2. The highest BCUT2D eigenvalue weighted by Gasteiger charge is 2.35. The van der Waals surface area contributed by atoms with Gasteiger partial charge in [0.15, 0.2) is 18.2 Å². The summed E-state index contributed by atoms with van der Waals surface area (Å²) < 4.78 is 10.8. The summed E-state index contributed by atoms with van der Waals surface area (Å²) in [4.78, 5) is 41.0. The Labute approximate surface area is 192 Å². The Morgan fingerprint density at radius 2 is 1.94 bits per heavy atom. The van der Waals surface area contributed by atoms with Crippen molar-refractivity contribution in [3.8, 4) is 5.88 Å². The van der Waals surface area contributed by atoms with Crippen molar-refractivity contribution >= 4 is 23.6 Å². The molecule has 2 amide bonds. The van der Waals surface area contributed by atoms with E-state index < -0.39 is 6.09 Å². The average molecular weight is 453 g/mol. The van der Waals surface area contributed by atoms with Gasteiger partial charge in [0, 0.05) is 24.0 Å². The molecular weight excluding hydrogens is 424 g/mol. The number of ether oxygens (including phenoxy) is 2. The van der Waals surface area contributed by atoms with Crippen LogP contribution in [0.2, 0.25) is 0 Å². The molecule has 2 atom stereocenters. The molecule has 2 aromatic rings. The van der Waals surface area contributed by atoms with Gasteiger partial charge in [-0.15, -0.1) is 0 Å². The molecule has 0 bridgehead atoms. The van der Waals surface area contributed by atoms with E-state index in [4.69, 9.17) is 14.5 Å². The lowest BCUT2D eigenvalue weighted by atomic mass is 10.0. The van der Waals surface area contributed by atoms with Gasteiger partial charge in [0.2, 0.25) is 0 Å². The number of carbonyl (C=O) groups is 2. The molecule has 3 aliphatic rings. The number of anilines is 2. The zero-order valence-electron chi connectivity index (χ0n) is 19.3. The average Bonchev–Trinajstić information content (AvgIpc) is 3.40. The number of hydrogen-bond acceptors (Lipinski definition) is 8. The first kappa shape index (κ1) is 21.6. The molecule has 10 heteroatoms. The van der Waals surface area contributed by atoms with E-state index in [9.17, 15) is 9.59 Å². The zero-order chi connectivity index (χ0) is 23.3. The van der Waals surface area contributed by atoms with E-state index in [-0.39, 0.29) is 30.3 Å². The number of carbonyl (C=O) groups excluding carboxylic acids is 2. The van der Waals surface area contributed by atoms with Crippen LogP contribution in [-0.4, -0.2) is 70.7 Å². The number of nitrogens with zero attached hydrogens (tertiary/aromatic N) is 5. The standard InChI is InChI=1S/C23H28N6O4/c1-12-13(2)25-14(3)18-8-15(7-17(12)18)28(4)6-5-16-10-29(23(31)33-16)19-9-24-22-21(26-19)27-20(30)11-32-22/h9,15-16H,5-8,10-11H2,1-4H3,(H,26,27,30). The first-order chi connectivity index (χ1) is 15.8. The van der Waals surface area contributed by atoms with Crippen molar-refractivity contribution in [2.45, 2.75) is 52.2 Å². The van der Waals surface area contributed by atoms with Crippen molar-refractivity contribution in [3.63, 3.8) is 0 Å². The van der Waals surface area contributed by atoms with E-state index in [0.29, 0.717) is 18.4 Å². The van der Waals surface area contributed by atoms with E-state index in [0.717, 1.165) is 37.2 Å². The fourth-order valence-corrected chi connectivity index (χ4v) is 4.85. The second-order valence-electron chi connectivity index (χ2n) is 9.03. The van der Waals surface area contributed by atoms with E-state index in [1.54, 1.807) is 0 Å². The van der Waals surface area contributed by atoms with Crippen molar-refractivity contribution < 1.29 is 19.1 Å². The normalized spacial score (nSPS) is 21.5. The highest BCUT2D eigenvalue weighted by atomic mass is 16.6. The number of pyridine rings is 1. The van der Waals surface area contributed by atoms with Gasteiger partial charge in [-0.25, -0.2) is 14.8 Å². The molecule has 33 heavy (non-hydrogen) atoms. The van der Waals surface area contributed by atoms with E-state index in [1.807, 2.05) is 0 Å². The second kappa shape index (κ2) is 8.26. The number of cyclic esters (lactones) is 1. The van der Waals surface area contributed by atoms with Crippen molar-refractivity contribution in [1.29, 1.82) is 0 Å². The van der Waals surface area contributed by atoms with Gasteiger partial charge in [-0.05, 0) is 63.8 Å². The summed E-state index contributed by atoms with van der Waals surface area (Å²) in [6.45, 7) is 7.45. The van der Waals surface area contributed by atoms with Gasteiger partial charge >= 0.3 is 6.09 Å². The number of likely N-dealkylation sites (N-methyl/N-ethyl adjacent to an activating group) is 1. The molecule has 10 nitrogen and oxygen atoms in total. The largest absolute Gasteiger partial charge is 0.465 e. The molecule has 1 N–H and O–H groups in total. The molecule has 1 aliphatic carbocycles. The molecule has 5 rings (SSSR count). The lowest BCUT2D eigenvalue weighted by molar-refractivity contribution is -0.118. The van der Waals surface area contributed by atoms with Crippen LogP contribution in [0, 0.1) is 20.8 Å². The SMILES string of the molecule is Cc1nc(C)c2c(c1C)CC(N(C)CCC1CN(c3cnc4c(n3)NC(=O)CO4)C(=O)O1)C2. The van der Waals surface area contributed by atoms with Crippen LogP contribution in [0.15, 0.2) is 6.20 Å². The minimum Gasteiger partial charge on any atom is -0.465 e. The Kier molecular flexibility index (Phi) is 5.40. The number of amides is 2. The second-order valence-corrected chi connectivity index (χ2v) is 9.03. The molecule has 174 valence electrons. The van der Waals surface area contributed by atoms with Gasteiger partial charge in [0.25, 0.3) is 11.8 Å². The lowest BCUT2D eigenvalue weighted by Gasteiger charge is -2.25. The number of hydrogen-bond donors (Lipinski definition) is 1. The molecular formula is C23H28N6O4. The summed E-state index contributed by atoms with van der Waals surface area (Å²) in [6.07, 6.45) is 3.51. The van der Waals surface area contributed by atoms with Gasteiger partial charge in [0.1, 0.15) is 6.10 Å². The van der Waals surface area contributed by atoms with Crippen LogP contribution in [0.4, 0.5) is 16.4 Å². The Bertz CT molecular complexity index is 1140. The predicted molar refractivity (Wildman–Crippen MR) is 121 cm³/mol. The molecule has 2 aromatic heterocycles. The van der Waals surface area contributed by atoms with Crippen LogP contribution in [0.1, 0.15) is 34.5 Å². The maximum absolute atomic E-state index is 12.5. The van der Waals surface area contributed by atoms with Gasteiger partial charge < -0.3 is 19.7 Å². The van der Waals surface area contributed by atoms with Gasteiger partial charge in [-0.3, -0.25) is 14.7 Å². The van der Waals surface area contributed by atoms with Crippen molar-refractivity contribution in [2.75, 3.05) is 37.0 Å². The van der Waals surface area contributed by atoms with Crippen molar-refractivity contribution in [2.24, 2.45) is 0 Å². The maximum atomic E-state index is 12.5. The number of aryl methyl sites for hydroxylation is 2. The summed E-state index contributed by atoms with van der Waals surface area (Å²) in [5.74, 6) is 0.498. The van der Waals surface area contributed by atoms with Gasteiger partial charge in [0.05, 0.1) is 12.7 Å². The van der Waals surface area contributed by atoms with Crippen LogP contribution < -0.4 is 15.0 Å². The summed E-state index contributed by atoms with van der Waals surface area (Å²) in [6, 6.07) is 0.421. The third-order valence-electron chi connectivity index (χ3n) is 6.91. The molecule has 0 spiro atoms. The molecule has 0 aromatic carbocycles. The van der Waals surface area contributed by atoms with Crippen molar-refractivity contribution in [3.05, 3.63) is 34.3 Å². The van der Waals surface area contributed by atoms with Crippen molar-refractivity contribution in [1.82, 2.24) is 19.9 Å². The van der Waals surface area contributed by atoms with E-state index >= 15 is 0 Å². The number of fused-ring (bicyclic) bond motifs is 2. The number of rotatable bonds is 5. The highest BCUT2D eigenvalue weighted by molar-refractivity contribution is 5.94. The van der Waals surface area contributed by atoms with E-state index in [2.05, 4.69) is 48.0 Å². The van der Waals surface area contributed by atoms with Crippen LogP contribution in [0.5, 0.6) is 5.88 Å². The number of nitrogens with one attached hydrogen (secondary N) is 1. The quantitative estimate of drug-likeness (QED) is 0.733. The first-order valence-corrected chi connectivity index (χ1v) is 11.2. The van der Waals surface area contributed by atoms with Crippen LogP contribution >= 0.6 is 0 Å². The Balaban J connectivity index is 1.19. The third kappa shape index (κ3) is 3.99. The molecule has 4 heterocycles. The molecule has 1 saturated heterocycles. The lowest BCUT2D eigenvalue weighted by Crippen LogP contribution is -2.35. The minimum atomic E-state index is -0.457.